The molecule has 1 atom stereocenters. The van der Waals surface area contributed by atoms with Gasteiger partial charge in [-0.2, -0.15) is 4.31 Å². The van der Waals surface area contributed by atoms with E-state index in [4.69, 9.17) is 21.1 Å². The molecule has 0 radical (unpaired) electrons. The maximum atomic E-state index is 13.1. The number of hydrogen-bond donors (Lipinski definition) is 1. The van der Waals surface area contributed by atoms with E-state index in [1.54, 1.807) is 6.07 Å². The van der Waals surface area contributed by atoms with Gasteiger partial charge in [-0.05, 0) is 43.2 Å². The van der Waals surface area contributed by atoms with Gasteiger partial charge in [0.25, 0.3) is 0 Å². The van der Waals surface area contributed by atoms with Crippen LogP contribution in [0.5, 0.6) is 11.5 Å². The lowest BCUT2D eigenvalue weighted by atomic mass is 9.98. The summed E-state index contributed by atoms with van der Waals surface area (Å²) in [6.45, 7) is 0.318. The van der Waals surface area contributed by atoms with E-state index in [2.05, 4.69) is 5.32 Å². The van der Waals surface area contributed by atoms with E-state index in [-0.39, 0.29) is 17.3 Å². The van der Waals surface area contributed by atoms with Crippen molar-refractivity contribution in [1.29, 1.82) is 0 Å². The molecule has 1 aliphatic rings. The first-order valence-electron chi connectivity index (χ1n) is 9.24. The zero-order valence-electron chi connectivity index (χ0n) is 16.5. The summed E-state index contributed by atoms with van der Waals surface area (Å²) in [5, 5.41) is 3.07. The predicted molar refractivity (Wildman–Crippen MR) is 111 cm³/mol. The van der Waals surface area contributed by atoms with Gasteiger partial charge < -0.3 is 14.8 Å². The monoisotopic (exact) mass is 456 g/mol. The molecule has 1 unspecified atom stereocenters. The first kappa shape index (κ1) is 22.3. The summed E-state index contributed by atoms with van der Waals surface area (Å²) in [7, 11) is -0.899. The van der Waals surface area contributed by atoms with Crippen LogP contribution in [0.4, 0.5) is 10.1 Å². The van der Waals surface area contributed by atoms with Crippen molar-refractivity contribution >= 4 is 33.2 Å². The van der Waals surface area contributed by atoms with Crippen molar-refractivity contribution in [1.82, 2.24) is 4.31 Å². The zero-order chi connectivity index (χ0) is 21.9. The van der Waals surface area contributed by atoms with E-state index in [0.29, 0.717) is 41.6 Å². The van der Waals surface area contributed by atoms with Crippen LogP contribution >= 0.6 is 11.6 Å². The Morgan fingerprint density at radius 2 is 1.83 bits per heavy atom. The molecule has 1 fully saturated rings. The molecular weight excluding hydrogens is 435 g/mol. The number of carbonyl (C=O) groups excluding carboxylic acids is 1. The maximum Gasteiger partial charge on any atom is 0.243 e. The van der Waals surface area contributed by atoms with Gasteiger partial charge in [-0.1, -0.05) is 11.6 Å². The number of anilines is 1. The highest BCUT2D eigenvalue weighted by atomic mass is 35.5. The van der Waals surface area contributed by atoms with Gasteiger partial charge in [-0.3, -0.25) is 4.79 Å². The van der Waals surface area contributed by atoms with Crippen molar-refractivity contribution in [3.05, 3.63) is 47.2 Å². The van der Waals surface area contributed by atoms with E-state index in [9.17, 15) is 17.6 Å². The molecule has 7 nitrogen and oxygen atoms in total. The largest absolute Gasteiger partial charge is 0.495 e. The van der Waals surface area contributed by atoms with Crippen LogP contribution in [-0.2, 0) is 14.8 Å². The predicted octanol–water partition coefficient (Wildman–Crippen LogP) is 3.54. The summed E-state index contributed by atoms with van der Waals surface area (Å²) >= 11 is 6.14. The lowest BCUT2D eigenvalue weighted by Crippen LogP contribution is -2.43. The Kier molecular flexibility index (Phi) is 6.84. The molecule has 0 saturated carbocycles. The zero-order valence-corrected chi connectivity index (χ0v) is 18.1. The summed E-state index contributed by atoms with van der Waals surface area (Å²) in [6, 6.07) is 7.72. The Morgan fingerprint density at radius 1 is 1.17 bits per heavy atom. The molecule has 10 heteroatoms. The summed E-state index contributed by atoms with van der Waals surface area (Å²) in [6.07, 6.45) is 1.06. The highest BCUT2D eigenvalue weighted by Crippen LogP contribution is 2.36. The van der Waals surface area contributed by atoms with Crippen LogP contribution in [0.25, 0.3) is 0 Å². The molecule has 1 N–H and O–H groups in total. The van der Waals surface area contributed by atoms with Crippen molar-refractivity contribution in [2.45, 2.75) is 17.7 Å². The molecule has 30 heavy (non-hydrogen) atoms. The van der Waals surface area contributed by atoms with Gasteiger partial charge in [-0.25, -0.2) is 12.8 Å². The number of nitrogens with one attached hydrogen (secondary N) is 1. The highest BCUT2D eigenvalue weighted by molar-refractivity contribution is 7.89. The van der Waals surface area contributed by atoms with E-state index in [1.807, 2.05) is 0 Å². The maximum absolute atomic E-state index is 13.1. The Balaban J connectivity index is 1.76. The third-order valence-electron chi connectivity index (χ3n) is 4.94. The van der Waals surface area contributed by atoms with E-state index < -0.39 is 21.8 Å². The summed E-state index contributed by atoms with van der Waals surface area (Å²) in [5.74, 6) is -0.637. The number of halogens is 2. The van der Waals surface area contributed by atoms with Crippen molar-refractivity contribution in [3.8, 4) is 11.5 Å². The number of ether oxygens (including phenoxy) is 2. The standard InChI is InChI=1S/C20H22ClFN2O5S/c1-28-18-11-19(29-2)17(10-16(18)21)23-20(25)13-4-3-9-24(12-13)30(26,27)15-7-5-14(22)6-8-15/h5-8,10-11,13H,3-4,9,12H2,1-2H3,(H,23,25). The van der Waals surface area contributed by atoms with Crippen molar-refractivity contribution < 1.29 is 27.1 Å². The number of hydrogen-bond acceptors (Lipinski definition) is 5. The minimum Gasteiger partial charge on any atom is -0.495 e. The van der Waals surface area contributed by atoms with Crippen molar-refractivity contribution in [2.75, 3.05) is 32.6 Å². The Morgan fingerprint density at radius 3 is 2.47 bits per heavy atom. The first-order chi connectivity index (χ1) is 14.3. The Hall–Kier alpha value is -2.36. The fraction of sp³-hybridized carbons (Fsp3) is 0.350. The van der Waals surface area contributed by atoms with Gasteiger partial charge in [0.1, 0.15) is 17.3 Å². The van der Waals surface area contributed by atoms with Gasteiger partial charge >= 0.3 is 0 Å². The van der Waals surface area contributed by atoms with Crippen LogP contribution in [0.1, 0.15) is 12.8 Å². The van der Waals surface area contributed by atoms with Crippen LogP contribution in [0.2, 0.25) is 5.02 Å². The van der Waals surface area contributed by atoms with E-state index >= 15 is 0 Å². The molecule has 2 aromatic rings. The second-order valence-corrected chi connectivity index (χ2v) is 9.18. The van der Waals surface area contributed by atoms with Gasteiger partial charge in [0.2, 0.25) is 15.9 Å². The molecule has 0 aromatic heterocycles. The van der Waals surface area contributed by atoms with E-state index in [1.165, 1.54) is 36.7 Å². The molecule has 1 amide bonds. The average Bonchev–Trinajstić information content (AvgIpc) is 2.74. The summed E-state index contributed by atoms with van der Waals surface area (Å²) < 4.78 is 50.5. The fourth-order valence-electron chi connectivity index (χ4n) is 3.32. The molecule has 1 heterocycles. The molecule has 0 bridgehead atoms. The molecule has 1 saturated heterocycles. The van der Waals surface area contributed by atoms with Gasteiger partial charge in [0, 0.05) is 19.2 Å². The number of amides is 1. The molecule has 162 valence electrons. The molecule has 0 aliphatic carbocycles. The number of sulfonamides is 1. The number of nitrogens with zero attached hydrogens (tertiary/aromatic N) is 1. The van der Waals surface area contributed by atoms with Gasteiger partial charge in [-0.15, -0.1) is 0 Å². The highest BCUT2D eigenvalue weighted by Gasteiger charge is 2.33. The number of methoxy groups -OCH3 is 2. The van der Waals surface area contributed by atoms with E-state index in [0.717, 1.165) is 12.1 Å². The minimum atomic E-state index is -3.82. The van der Waals surface area contributed by atoms with Crippen LogP contribution < -0.4 is 14.8 Å². The normalized spacial score (nSPS) is 17.4. The number of benzene rings is 2. The first-order valence-corrected chi connectivity index (χ1v) is 11.1. The lowest BCUT2D eigenvalue weighted by Gasteiger charge is -2.31. The molecule has 0 spiro atoms. The van der Waals surface area contributed by atoms with Crippen molar-refractivity contribution in [3.63, 3.8) is 0 Å². The van der Waals surface area contributed by atoms with Crippen LogP contribution in [0.3, 0.4) is 0 Å². The summed E-state index contributed by atoms with van der Waals surface area (Å²) in [5.41, 5.74) is 0.367. The smallest absolute Gasteiger partial charge is 0.243 e. The molecule has 1 aliphatic heterocycles. The van der Waals surface area contributed by atoms with Crippen LogP contribution in [0, 0.1) is 11.7 Å². The molecular formula is C20H22ClFN2O5S. The Bertz CT molecular complexity index is 1030. The van der Waals surface area contributed by atoms with Crippen molar-refractivity contribution in [2.24, 2.45) is 5.92 Å². The average molecular weight is 457 g/mol. The second-order valence-electron chi connectivity index (χ2n) is 6.83. The number of piperidine rings is 1. The summed E-state index contributed by atoms with van der Waals surface area (Å²) in [4.78, 5) is 12.8. The van der Waals surface area contributed by atoms with Crippen LogP contribution in [-0.4, -0.2) is 45.9 Å². The molecule has 2 aromatic carbocycles. The fourth-order valence-corrected chi connectivity index (χ4v) is 5.09. The third-order valence-corrected chi connectivity index (χ3v) is 7.11. The third kappa shape index (κ3) is 4.69. The quantitative estimate of drug-likeness (QED) is 0.718. The topological polar surface area (TPSA) is 84.9 Å². The Labute approximate surface area is 179 Å². The minimum absolute atomic E-state index is 0.00596. The van der Waals surface area contributed by atoms with Crippen LogP contribution in [0.15, 0.2) is 41.3 Å². The second kappa shape index (κ2) is 9.20. The molecule has 3 rings (SSSR count). The lowest BCUT2D eigenvalue weighted by molar-refractivity contribution is -0.120. The van der Waals surface area contributed by atoms with Gasteiger partial charge in [0.05, 0.1) is 35.7 Å². The SMILES string of the molecule is COc1cc(OC)c(NC(=O)C2CCCN(S(=O)(=O)c3ccc(F)cc3)C2)cc1Cl. The number of carbonyl (C=O) groups is 1. The number of rotatable bonds is 6. The van der Waals surface area contributed by atoms with Gasteiger partial charge in [0.15, 0.2) is 0 Å².